The normalized spacial score (nSPS) is 19.7. The van der Waals surface area contributed by atoms with E-state index in [0.29, 0.717) is 6.04 Å². The molecule has 1 N–H and O–H groups in total. The van der Waals surface area contributed by atoms with Crippen molar-refractivity contribution < 1.29 is 9.90 Å². The molecule has 2 atom stereocenters. The average Bonchev–Trinajstić information content (AvgIpc) is 2.80. The minimum Gasteiger partial charge on any atom is -0.480 e. The number of rotatable bonds is 3. The standard InChI is InChI=1S/C17H22N2O2/c1-11(17(20)21)19-15-7-5-4-6-13(15)14-10-12(18(2)3)8-9-16(14)19/h4-7,11-12H,8-10H2,1-3H3,(H,20,21). The van der Waals surface area contributed by atoms with E-state index in [0.717, 1.165) is 24.8 Å². The van der Waals surface area contributed by atoms with E-state index in [4.69, 9.17) is 0 Å². The fraction of sp³-hybridized carbons (Fsp3) is 0.471. The fourth-order valence-corrected chi connectivity index (χ4v) is 3.52. The third-order valence-corrected chi connectivity index (χ3v) is 4.76. The van der Waals surface area contributed by atoms with Crippen molar-refractivity contribution in [2.45, 2.75) is 38.3 Å². The summed E-state index contributed by atoms with van der Waals surface area (Å²) in [5.74, 6) is -0.770. The van der Waals surface area contributed by atoms with Crippen LogP contribution in [0.4, 0.5) is 0 Å². The molecule has 1 aromatic heterocycles. The SMILES string of the molecule is CC(C(=O)O)n1c2c(c3ccccc31)CC(N(C)C)CC2. The molecule has 3 rings (SSSR count). The number of carboxylic acid groups (broad SMARTS) is 1. The largest absolute Gasteiger partial charge is 0.480 e. The Hall–Kier alpha value is -1.81. The maximum absolute atomic E-state index is 11.5. The van der Waals surface area contributed by atoms with Gasteiger partial charge in [0.2, 0.25) is 0 Å². The lowest BCUT2D eigenvalue weighted by atomic mass is 9.90. The first-order chi connectivity index (χ1) is 10.0. The molecule has 4 nitrogen and oxygen atoms in total. The number of fused-ring (bicyclic) bond motifs is 3. The summed E-state index contributed by atoms with van der Waals surface area (Å²) in [6, 6.07) is 8.21. The molecule has 0 amide bonds. The van der Waals surface area contributed by atoms with Crippen molar-refractivity contribution in [1.29, 1.82) is 0 Å². The third-order valence-electron chi connectivity index (χ3n) is 4.76. The molecule has 1 heterocycles. The summed E-state index contributed by atoms with van der Waals surface area (Å²) in [5.41, 5.74) is 3.60. The van der Waals surface area contributed by atoms with Gasteiger partial charge in [-0.2, -0.15) is 0 Å². The number of aliphatic carboxylic acids is 1. The van der Waals surface area contributed by atoms with Crippen LogP contribution in [0.1, 0.15) is 30.6 Å². The molecule has 4 heteroatoms. The Morgan fingerprint density at radius 1 is 1.38 bits per heavy atom. The highest BCUT2D eigenvalue weighted by molar-refractivity contribution is 5.88. The summed E-state index contributed by atoms with van der Waals surface area (Å²) in [6.07, 6.45) is 3.04. The predicted octanol–water partition coefficient (Wildman–Crippen LogP) is 2.71. The topological polar surface area (TPSA) is 45.5 Å². The van der Waals surface area contributed by atoms with Gasteiger partial charge in [-0.3, -0.25) is 0 Å². The Labute approximate surface area is 125 Å². The van der Waals surface area contributed by atoms with Gasteiger partial charge in [-0.25, -0.2) is 4.79 Å². The third kappa shape index (κ3) is 2.23. The fourth-order valence-electron chi connectivity index (χ4n) is 3.52. The van der Waals surface area contributed by atoms with Crippen LogP contribution < -0.4 is 0 Å². The van der Waals surface area contributed by atoms with E-state index in [1.807, 2.05) is 22.8 Å². The Bertz CT molecular complexity index is 687. The summed E-state index contributed by atoms with van der Waals surface area (Å²) in [7, 11) is 4.24. The van der Waals surface area contributed by atoms with Gasteiger partial charge in [0.1, 0.15) is 6.04 Å². The van der Waals surface area contributed by atoms with Gasteiger partial charge in [0.15, 0.2) is 0 Å². The van der Waals surface area contributed by atoms with Crippen LogP contribution >= 0.6 is 0 Å². The van der Waals surface area contributed by atoms with Crippen LogP contribution in [-0.2, 0) is 17.6 Å². The number of hydrogen-bond acceptors (Lipinski definition) is 2. The zero-order valence-corrected chi connectivity index (χ0v) is 12.8. The van der Waals surface area contributed by atoms with Crippen LogP contribution in [-0.4, -0.2) is 40.7 Å². The van der Waals surface area contributed by atoms with E-state index in [-0.39, 0.29) is 0 Å². The van der Waals surface area contributed by atoms with Crippen LogP contribution in [0.15, 0.2) is 24.3 Å². The van der Waals surface area contributed by atoms with Gasteiger partial charge in [0, 0.05) is 22.6 Å². The molecule has 1 aliphatic rings. The van der Waals surface area contributed by atoms with E-state index in [9.17, 15) is 9.90 Å². The first-order valence-corrected chi connectivity index (χ1v) is 7.50. The lowest BCUT2D eigenvalue weighted by Crippen LogP contribution is -2.34. The zero-order valence-electron chi connectivity index (χ0n) is 12.8. The van der Waals surface area contributed by atoms with E-state index in [1.165, 1.54) is 16.6 Å². The minimum atomic E-state index is -0.770. The number of aromatic nitrogens is 1. The molecule has 0 spiro atoms. The van der Waals surface area contributed by atoms with Crippen LogP contribution in [0.25, 0.3) is 10.9 Å². The smallest absolute Gasteiger partial charge is 0.326 e. The lowest BCUT2D eigenvalue weighted by molar-refractivity contribution is -0.140. The van der Waals surface area contributed by atoms with Crippen molar-refractivity contribution in [3.63, 3.8) is 0 Å². The van der Waals surface area contributed by atoms with E-state index in [1.54, 1.807) is 6.92 Å². The molecule has 0 bridgehead atoms. The van der Waals surface area contributed by atoms with Gasteiger partial charge in [-0.15, -0.1) is 0 Å². The molecule has 0 saturated heterocycles. The number of para-hydroxylation sites is 1. The Kier molecular flexibility index (Phi) is 3.49. The van der Waals surface area contributed by atoms with Gasteiger partial charge in [-0.05, 0) is 51.9 Å². The summed E-state index contributed by atoms with van der Waals surface area (Å²) < 4.78 is 2.03. The highest BCUT2D eigenvalue weighted by Crippen LogP contribution is 2.35. The molecular weight excluding hydrogens is 264 g/mol. The number of carbonyl (C=O) groups is 1. The summed E-state index contributed by atoms with van der Waals surface area (Å²) >= 11 is 0. The van der Waals surface area contributed by atoms with Crippen LogP contribution in [0, 0.1) is 0 Å². The maximum atomic E-state index is 11.5. The molecule has 112 valence electrons. The van der Waals surface area contributed by atoms with Gasteiger partial charge in [0.05, 0.1) is 0 Å². The van der Waals surface area contributed by atoms with Gasteiger partial charge < -0.3 is 14.6 Å². The molecule has 0 fully saturated rings. The molecule has 0 saturated carbocycles. The summed E-state index contributed by atoms with van der Waals surface area (Å²) in [6.45, 7) is 1.77. The van der Waals surface area contributed by atoms with Crippen molar-refractivity contribution in [3.05, 3.63) is 35.5 Å². The van der Waals surface area contributed by atoms with E-state index >= 15 is 0 Å². The highest BCUT2D eigenvalue weighted by Gasteiger charge is 2.29. The molecule has 0 radical (unpaired) electrons. The second kappa shape index (κ2) is 5.19. The van der Waals surface area contributed by atoms with Crippen molar-refractivity contribution in [3.8, 4) is 0 Å². The number of nitrogens with zero attached hydrogens (tertiary/aromatic N) is 2. The number of hydrogen-bond donors (Lipinski definition) is 1. The Morgan fingerprint density at radius 3 is 2.76 bits per heavy atom. The van der Waals surface area contributed by atoms with Gasteiger partial charge >= 0.3 is 5.97 Å². The predicted molar refractivity (Wildman–Crippen MR) is 83.8 cm³/mol. The molecule has 1 aliphatic carbocycles. The summed E-state index contributed by atoms with van der Waals surface area (Å²) in [4.78, 5) is 13.7. The second-order valence-corrected chi connectivity index (χ2v) is 6.19. The molecular formula is C17H22N2O2. The first-order valence-electron chi connectivity index (χ1n) is 7.50. The molecule has 2 aromatic rings. The number of carboxylic acids is 1. The molecule has 21 heavy (non-hydrogen) atoms. The lowest BCUT2D eigenvalue weighted by Gasteiger charge is -2.29. The monoisotopic (exact) mass is 286 g/mol. The average molecular weight is 286 g/mol. The van der Waals surface area contributed by atoms with Gasteiger partial charge in [-0.1, -0.05) is 18.2 Å². The molecule has 1 aromatic carbocycles. The van der Waals surface area contributed by atoms with E-state index < -0.39 is 12.0 Å². The van der Waals surface area contributed by atoms with Crippen molar-refractivity contribution >= 4 is 16.9 Å². The maximum Gasteiger partial charge on any atom is 0.326 e. The van der Waals surface area contributed by atoms with Crippen LogP contribution in [0.5, 0.6) is 0 Å². The van der Waals surface area contributed by atoms with Crippen LogP contribution in [0.3, 0.4) is 0 Å². The minimum absolute atomic E-state index is 0.519. The Morgan fingerprint density at radius 2 is 2.10 bits per heavy atom. The van der Waals surface area contributed by atoms with E-state index in [2.05, 4.69) is 25.1 Å². The quantitative estimate of drug-likeness (QED) is 0.943. The molecule has 2 unspecified atom stereocenters. The number of likely N-dealkylation sites (N-methyl/N-ethyl adjacent to an activating group) is 1. The van der Waals surface area contributed by atoms with Crippen molar-refractivity contribution in [1.82, 2.24) is 9.47 Å². The zero-order chi connectivity index (χ0) is 15.1. The first kappa shape index (κ1) is 14.1. The van der Waals surface area contributed by atoms with Gasteiger partial charge in [0.25, 0.3) is 0 Å². The van der Waals surface area contributed by atoms with Crippen molar-refractivity contribution in [2.75, 3.05) is 14.1 Å². The Balaban J connectivity index is 2.19. The van der Waals surface area contributed by atoms with Crippen molar-refractivity contribution in [2.24, 2.45) is 0 Å². The summed E-state index contributed by atoms with van der Waals surface area (Å²) in [5, 5.41) is 10.6. The highest BCUT2D eigenvalue weighted by atomic mass is 16.4. The van der Waals surface area contributed by atoms with Crippen LogP contribution in [0.2, 0.25) is 0 Å². The second-order valence-electron chi connectivity index (χ2n) is 6.19. The number of benzene rings is 1. The molecule has 0 aliphatic heterocycles.